The maximum atomic E-state index is 5.64. The maximum absolute atomic E-state index is 5.64. The Bertz CT molecular complexity index is 414. The van der Waals surface area contributed by atoms with Gasteiger partial charge < -0.3 is 4.42 Å². The molecule has 0 bridgehead atoms. The Labute approximate surface area is 91.9 Å². The van der Waals surface area contributed by atoms with Crippen LogP contribution in [0.1, 0.15) is 12.7 Å². The number of rotatable bonds is 2. The van der Waals surface area contributed by atoms with Gasteiger partial charge in [0, 0.05) is 16.5 Å². The summed E-state index contributed by atoms with van der Waals surface area (Å²) < 4.78 is 6.73. The summed E-state index contributed by atoms with van der Waals surface area (Å²) in [5, 5.41) is 0. The van der Waals surface area contributed by atoms with Gasteiger partial charge in [0.2, 0.25) is 0 Å². The van der Waals surface area contributed by atoms with Crippen LogP contribution in [0.25, 0.3) is 11.3 Å². The lowest BCUT2D eigenvalue weighted by atomic mass is 10.2. The van der Waals surface area contributed by atoms with Gasteiger partial charge in [0.1, 0.15) is 11.5 Å². The van der Waals surface area contributed by atoms with Gasteiger partial charge in [-0.25, -0.2) is 0 Å². The van der Waals surface area contributed by atoms with Crippen molar-refractivity contribution in [3.8, 4) is 11.3 Å². The quantitative estimate of drug-likeness (QED) is 0.776. The van der Waals surface area contributed by atoms with Gasteiger partial charge in [0.15, 0.2) is 0 Å². The first-order valence-electron chi connectivity index (χ1n) is 4.64. The van der Waals surface area contributed by atoms with Crippen molar-refractivity contribution in [2.45, 2.75) is 13.3 Å². The summed E-state index contributed by atoms with van der Waals surface area (Å²) >= 11 is 3.41. The van der Waals surface area contributed by atoms with Crippen LogP contribution < -0.4 is 0 Å². The molecule has 2 heteroatoms. The molecule has 1 nitrogen and oxygen atoms in total. The van der Waals surface area contributed by atoms with Gasteiger partial charge in [-0.15, -0.1) is 0 Å². The van der Waals surface area contributed by atoms with E-state index in [1.807, 2.05) is 36.4 Å². The van der Waals surface area contributed by atoms with Crippen LogP contribution in [0.5, 0.6) is 0 Å². The summed E-state index contributed by atoms with van der Waals surface area (Å²) in [6, 6.07) is 12.2. The molecule has 0 fully saturated rings. The number of furan rings is 1. The van der Waals surface area contributed by atoms with Gasteiger partial charge in [-0.3, -0.25) is 0 Å². The van der Waals surface area contributed by atoms with Crippen LogP contribution in [0.4, 0.5) is 0 Å². The van der Waals surface area contributed by atoms with E-state index >= 15 is 0 Å². The van der Waals surface area contributed by atoms with Gasteiger partial charge >= 0.3 is 0 Å². The highest BCUT2D eigenvalue weighted by Gasteiger charge is 2.02. The fraction of sp³-hybridized carbons (Fsp3) is 0.167. The van der Waals surface area contributed by atoms with E-state index in [-0.39, 0.29) is 0 Å². The van der Waals surface area contributed by atoms with E-state index in [0.717, 1.165) is 28.0 Å². The Hall–Kier alpha value is -1.02. The third-order valence-corrected chi connectivity index (χ3v) is 2.67. The zero-order valence-corrected chi connectivity index (χ0v) is 9.54. The zero-order chi connectivity index (χ0) is 9.97. The van der Waals surface area contributed by atoms with E-state index in [2.05, 4.69) is 22.9 Å². The third kappa shape index (κ3) is 1.90. The second-order valence-corrected chi connectivity index (χ2v) is 4.04. The lowest BCUT2D eigenvalue weighted by Gasteiger charge is -1.96. The molecule has 1 aromatic carbocycles. The molecular weight excluding hydrogens is 240 g/mol. The zero-order valence-electron chi connectivity index (χ0n) is 7.96. The first kappa shape index (κ1) is 9.53. The van der Waals surface area contributed by atoms with Crippen LogP contribution >= 0.6 is 15.9 Å². The fourth-order valence-corrected chi connectivity index (χ4v) is 1.60. The molecular formula is C12H11BrO. The van der Waals surface area contributed by atoms with Crippen molar-refractivity contribution in [1.82, 2.24) is 0 Å². The topological polar surface area (TPSA) is 13.1 Å². The highest BCUT2D eigenvalue weighted by atomic mass is 79.9. The highest BCUT2D eigenvalue weighted by Crippen LogP contribution is 2.23. The molecule has 0 radical (unpaired) electrons. The van der Waals surface area contributed by atoms with Gasteiger partial charge in [-0.05, 0) is 24.3 Å². The fourth-order valence-electron chi connectivity index (χ4n) is 1.34. The van der Waals surface area contributed by atoms with Crippen molar-refractivity contribution in [2.75, 3.05) is 0 Å². The van der Waals surface area contributed by atoms with Crippen LogP contribution in [0.3, 0.4) is 0 Å². The molecule has 1 aromatic heterocycles. The van der Waals surface area contributed by atoms with E-state index in [4.69, 9.17) is 4.42 Å². The van der Waals surface area contributed by atoms with E-state index < -0.39 is 0 Å². The molecule has 0 spiro atoms. The summed E-state index contributed by atoms with van der Waals surface area (Å²) in [4.78, 5) is 0. The summed E-state index contributed by atoms with van der Waals surface area (Å²) in [6.45, 7) is 2.09. The van der Waals surface area contributed by atoms with Crippen molar-refractivity contribution < 1.29 is 4.42 Å². The first-order chi connectivity index (χ1) is 6.79. The third-order valence-electron chi connectivity index (χ3n) is 2.14. The lowest BCUT2D eigenvalue weighted by molar-refractivity contribution is 0.529. The Morgan fingerprint density at radius 3 is 2.36 bits per heavy atom. The predicted molar refractivity (Wildman–Crippen MR) is 61.2 cm³/mol. The van der Waals surface area contributed by atoms with Crippen LogP contribution in [-0.4, -0.2) is 0 Å². The average Bonchev–Trinajstić information content (AvgIpc) is 2.67. The molecule has 0 saturated carbocycles. The summed E-state index contributed by atoms with van der Waals surface area (Å²) in [6.07, 6.45) is 0.941. The van der Waals surface area contributed by atoms with Gasteiger partial charge in [-0.2, -0.15) is 0 Å². The minimum Gasteiger partial charge on any atom is -0.461 e. The largest absolute Gasteiger partial charge is 0.461 e. The SMILES string of the molecule is CCc1ccc(-c2ccc(Br)cc2)o1. The Morgan fingerprint density at radius 1 is 1.07 bits per heavy atom. The van der Waals surface area contributed by atoms with Gasteiger partial charge in [0.05, 0.1) is 0 Å². The first-order valence-corrected chi connectivity index (χ1v) is 5.43. The lowest BCUT2D eigenvalue weighted by Crippen LogP contribution is -1.73. The standard InChI is InChI=1S/C12H11BrO/c1-2-11-7-8-12(14-11)9-3-5-10(13)6-4-9/h3-8H,2H2,1H3. The predicted octanol–water partition coefficient (Wildman–Crippen LogP) is 4.27. The molecule has 0 aliphatic carbocycles. The number of halogens is 1. The van der Waals surface area contributed by atoms with E-state index in [1.54, 1.807) is 0 Å². The maximum Gasteiger partial charge on any atom is 0.134 e. The number of aryl methyl sites for hydroxylation is 1. The minimum absolute atomic E-state index is 0.939. The summed E-state index contributed by atoms with van der Waals surface area (Å²) in [7, 11) is 0. The molecule has 0 aliphatic heterocycles. The van der Waals surface area contributed by atoms with Crippen LogP contribution in [0, 0.1) is 0 Å². The van der Waals surface area contributed by atoms with Crippen molar-refractivity contribution >= 4 is 15.9 Å². The molecule has 0 atom stereocenters. The van der Waals surface area contributed by atoms with Crippen molar-refractivity contribution in [1.29, 1.82) is 0 Å². The monoisotopic (exact) mass is 250 g/mol. The van der Waals surface area contributed by atoms with Crippen LogP contribution in [0.15, 0.2) is 45.3 Å². The van der Waals surface area contributed by atoms with E-state index in [1.165, 1.54) is 0 Å². The Balaban J connectivity index is 2.34. The molecule has 14 heavy (non-hydrogen) atoms. The van der Waals surface area contributed by atoms with Crippen molar-refractivity contribution in [3.05, 3.63) is 46.6 Å². The molecule has 2 rings (SSSR count). The van der Waals surface area contributed by atoms with E-state index in [0.29, 0.717) is 0 Å². The average molecular weight is 251 g/mol. The molecule has 1 heterocycles. The molecule has 0 N–H and O–H groups in total. The highest BCUT2D eigenvalue weighted by molar-refractivity contribution is 9.10. The van der Waals surface area contributed by atoms with Gasteiger partial charge in [-0.1, -0.05) is 35.0 Å². The molecule has 2 aromatic rings. The number of benzene rings is 1. The molecule has 0 aliphatic rings. The second-order valence-electron chi connectivity index (χ2n) is 3.13. The van der Waals surface area contributed by atoms with Crippen molar-refractivity contribution in [2.24, 2.45) is 0 Å². The number of hydrogen-bond donors (Lipinski definition) is 0. The van der Waals surface area contributed by atoms with Gasteiger partial charge in [0.25, 0.3) is 0 Å². The van der Waals surface area contributed by atoms with E-state index in [9.17, 15) is 0 Å². The molecule has 72 valence electrons. The second kappa shape index (κ2) is 4.01. The molecule has 0 amide bonds. The van der Waals surface area contributed by atoms with Crippen molar-refractivity contribution in [3.63, 3.8) is 0 Å². The molecule has 0 saturated heterocycles. The normalized spacial score (nSPS) is 10.4. The smallest absolute Gasteiger partial charge is 0.134 e. The van der Waals surface area contributed by atoms with Crippen LogP contribution in [-0.2, 0) is 6.42 Å². The molecule has 0 unspecified atom stereocenters. The minimum atomic E-state index is 0.939. The number of hydrogen-bond acceptors (Lipinski definition) is 1. The van der Waals surface area contributed by atoms with Crippen LogP contribution in [0.2, 0.25) is 0 Å². The Kier molecular flexibility index (Phi) is 2.73. The Morgan fingerprint density at radius 2 is 1.79 bits per heavy atom. The summed E-state index contributed by atoms with van der Waals surface area (Å²) in [5.74, 6) is 1.97. The summed E-state index contributed by atoms with van der Waals surface area (Å²) in [5.41, 5.74) is 1.12.